The predicted molar refractivity (Wildman–Crippen MR) is 72.2 cm³/mol. The number of nitrogens with zero attached hydrogens (tertiary/aromatic N) is 2. The summed E-state index contributed by atoms with van der Waals surface area (Å²) in [6, 6.07) is 7.33. The lowest BCUT2D eigenvalue weighted by Gasteiger charge is -2.07. The van der Waals surface area contributed by atoms with Gasteiger partial charge in [0.2, 0.25) is 0 Å². The molecule has 0 atom stereocenters. The van der Waals surface area contributed by atoms with Crippen LogP contribution in [0.5, 0.6) is 0 Å². The number of aromatic nitrogens is 1. The molecule has 0 spiro atoms. The van der Waals surface area contributed by atoms with E-state index < -0.39 is 5.82 Å². The van der Waals surface area contributed by atoms with Gasteiger partial charge < -0.3 is 9.88 Å². The maximum absolute atomic E-state index is 13.2. The number of carbonyl (C=O) groups excluding carboxylic acids is 1. The number of rotatable bonds is 2. The Morgan fingerprint density at radius 2 is 2.21 bits per heavy atom. The molecule has 0 bridgehead atoms. The molecule has 2 rings (SSSR count). The minimum atomic E-state index is -0.611. The number of nitrogens with one attached hydrogen (secondary N) is 1. The summed E-state index contributed by atoms with van der Waals surface area (Å²) in [5.74, 6) is -0.949. The van der Waals surface area contributed by atoms with E-state index in [1.54, 1.807) is 29.9 Å². The molecule has 2 aromatic rings. The summed E-state index contributed by atoms with van der Waals surface area (Å²) in [5, 5.41) is 11.4. The van der Waals surface area contributed by atoms with Gasteiger partial charge in [0.25, 0.3) is 5.91 Å². The fourth-order valence-corrected chi connectivity index (χ4v) is 2.22. The fourth-order valence-electron chi connectivity index (χ4n) is 1.65. The molecule has 1 amide bonds. The molecule has 0 unspecified atom stereocenters. The average molecular weight is 322 g/mol. The molecule has 4 nitrogen and oxygen atoms in total. The van der Waals surface area contributed by atoms with Crippen LogP contribution in [0.4, 0.5) is 10.1 Å². The van der Waals surface area contributed by atoms with E-state index in [-0.39, 0.29) is 11.5 Å². The summed E-state index contributed by atoms with van der Waals surface area (Å²) in [7, 11) is 1.74. The number of carbonyl (C=O) groups is 1. The Bertz CT molecular complexity index is 668. The highest BCUT2D eigenvalue weighted by Crippen LogP contribution is 2.20. The maximum Gasteiger partial charge on any atom is 0.273 e. The summed E-state index contributed by atoms with van der Waals surface area (Å²) in [6.07, 6.45) is 1.74. The first kappa shape index (κ1) is 13.3. The van der Waals surface area contributed by atoms with Crippen molar-refractivity contribution in [3.05, 3.63) is 52.0 Å². The quantitative estimate of drug-likeness (QED) is 0.924. The third-order valence-corrected chi connectivity index (χ3v) is 3.22. The predicted octanol–water partition coefficient (Wildman–Crippen LogP) is 3.05. The van der Waals surface area contributed by atoms with Crippen LogP contribution in [-0.4, -0.2) is 10.5 Å². The third-order valence-electron chi connectivity index (χ3n) is 2.58. The molecule has 0 aliphatic carbocycles. The minimum Gasteiger partial charge on any atom is -0.346 e. The van der Waals surface area contributed by atoms with Gasteiger partial charge in [0.05, 0.1) is 5.56 Å². The molecule has 0 aliphatic rings. The van der Waals surface area contributed by atoms with Crippen LogP contribution in [0, 0.1) is 17.1 Å². The highest BCUT2D eigenvalue weighted by molar-refractivity contribution is 9.10. The van der Waals surface area contributed by atoms with E-state index in [1.807, 2.05) is 0 Å². The maximum atomic E-state index is 13.2. The Morgan fingerprint density at radius 3 is 2.79 bits per heavy atom. The van der Waals surface area contributed by atoms with Crippen molar-refractivity contribution in [2.45, 2.75) is 0 Å². The Balaban J connectivity index is 2.28. The van der Waals surface area contributed by atoms with Crippen LogP contribution in [0.1, 0.15) is 16.1 Å². The zero-order valence-electron chi connectivity index (χ0n) is 9.95. The fraction of sp³-hybridized carbons (Fsp3) is 0.0769. The molecular weight excluding hydrogens is 313 g/mol. The smallest absolute Gasteiger partial charge is 0.273 e. The first-order chi connectivity index (χ1) is 9.02. The van der Waals surface area contributed by atoms with Crippen molar-refractivity contribution in [3.63, 3.8) is 0 Å². The van der Waals surface area contributed by atoms with Gasteiger partial charge in [-0.15, -0.1) is 0 Å². The highest BCUT2D eigenvalue weighted by Gasteiger charge is 2.14. The summed E-state index contributed by atoms with van der Waals surface area (Å²) in [4.78, 5) is 12.1. The van der Waals surface area contributed by atoms with Crippen LogP contribution >= 0.6 is 15.9 Å². The van der Waals surface area contributed by atoms with E-state index in [2.05, 4.69) is 21.2 Å². The van der Waals surface area contributed by atoms with E-state index in [0.29, 0.717) is 15.9 Å². The van der Waals surface area contributed by atoms with Gasteiger partial charge in [0.15, 0.2) is 0 Å². The largest absolute Gasteiger partial charge is 0.346 e. The van der Waals surface area contributed by atoms with Crippen LogP contribution in [-0.2, 0) is 7.05 Å². The first-order valence-electron chi connectivity index (χ1n) is 5.34. The Labute approximate surface area is 117 Å². The summed E-state index contributed by atoms with van der Waals surface area (Å²) >= 11 is 3.28. The molecule has 6 heteroatoms. The highest BCUT2D eigenvalue weighted by atomic mass is 79.9. The number of benzene rings is 1. The molecule has 0 radical (unpaired) electrons. The molecule has 0 saturated carbocycles. The van der Waals surface area contributed by atoms with Crippen LogP contribution in [0.25, 0.3) is 0 Å². The van der Waals surface area contributed by atoms with E-state index >= 15 is 0 Å². The van der Waals surface area contributed by atoms with Crippen LogP contribution in [0.15, 0.2) is 34.9 Å². The Kier molecular flexibility index (Phi) is 3.67. The van der Waals surface area contributed by atoms with Gasteiger partial charge in [-0.1, -0.05) is 0 Å². The van der Waals surface area contributed by atoms with Crippen molar-refractivity contribution in [1.82, 2.24) is 4.57 Å². The molecule has 1 heterocycles. The van der Waals surface area contributed by atoms with Crippen LogP contribution < -0.4 is 5.32 Å². The lowest BCUT2D eigenvalue weighted by molar-refractivity contribution is 0.101. The molecule has 19 heavy (non-hydrogen) atoms. The minimum absolute atomic E-state index is 0.108. The van der Waals surface area contributed by atoms with Gasteiger partial charge in [-0.25, -0.2) is 4.39 Å². The molecular formula is C13H9BrFN3O. The molecule has 1 aromatic carbocycles. The van der Waals surface area contributed by atoms with Crippen molar-refractivity contribution in [3.8, 4) is 6.07 Å². The van der Waals surface area contributed by atoms with Crippen molar-refractivity contribution in [2.24, 2.45) is 7.05 Å². The zero-order valence-corrected chi connectivity index (χ0v) is 11.5. The van der Waals surface area contributed by atoms with Gasteiger partial charge in [-0.3, -0.25) is 4.79 Å². The van der Waals surface area contributed by atoms with E-state index in [1.165, 1.54) is 12.1 Å². The molecule has 0 saturated heterocycles. The van der Waals surface area contributed by atoms with E-state index in [4.69, 9.17) is 5.26 Å². The second-order valence-electron chi connectivity index (χ2n) is 3.88. The third kappa shape index (κ3) is 2.66. The molecule has 0 fully saturated rings. The summed E-state index contributed by atoms with van der Waals surface area (Å²) in [6.45, 7) is 0. The van der Waals surface area contributed by atoms with Crippen LogP contribution in [0.3, 0.4) is 0 Å². The van der Waals surface area contributed by atoms with Gasteiger partial charge in [-0.2, -0.15) is 5.26 Å². The van der Waals surface area contributed by atoms with E-state index in [0.717, 1.165) is 6.07 Å². The summed E-state index contributed by atoms with van der Waals surface area (Å²) < 4.78 is 15.5. The zero-order chi connectivity index (χ0) is 14.0. The SMILES string of the molecule is Cn1ccc(Br)c1C(=O)Nc1ccc(F)c(C#N)c1. The normalized spacial score (nSPS) is 10.0. The Hall–Kier alpha value is -2.13. The van der Waals surface area contributed by atoms with Gasteiger partial charge in [0, 0.05) is 23.4 Å². The number of nitriles is 1. The van der Waals surface area contributed by atoms with Gasteiger partial charge >= 0.3 is 0 Å². The van der Waals surface area contributed by atoms with Crippen molar-refractivity contribution < 1.29 is 9.18 Å². The number of aryl methyl sites for hydroxylation is 1. The lowest BCUT2D eigenvalue weighted by atomic mass is 10.2. The van der Waals surface area contributed by atoms with E-state index in [9.17, 15) is 9.18 Å². The van der Waals surface area contributed by atoms with Gasteiger partial charge in [-0.05, 0) is 40.2 Å². The second-order valence-corrected chi connectivity index (χ2v) is 4.74. The number of hydrogen-bond acceptors (Lipinski definition) is 2. The number of hydrogen-bond donors (Lipinski definition) is 1. The molecule has 1 N–H and O–H groups in total. The number of amides is 1. The van der Waals surface area contributed by atoms with Crippen molar-refractivity contribution in [2.75, 3.05) is 5.32 Å². The number of anilines is 1. The van der Waals surface area contributed by atoms with Crippen molar-refractivity contribution in [1.29, 1.82) is 5.26 Å². The van der Waals surface area contributed by atoms with Gasteiger partial charge in [0.1, 0.15) is 17.6 Å². The average Bonchev–Trinajstić information content (AvgIpc) is 2.71. The lowest BCUT2D eigenvalue weighted by Crippen LogP contribution is -2.16. The van der Waals surface area contributed by atoms with Crippen molar-refractivity contribution >= 4 is 27.5 Å². The molecule has 0 aliphatic heterocycles. The molecule has 1 aromatic heterocycles. The number of halogens is 2. The first-order valence-corrected chi connectivity index (χ1v) is 6.14. The molecule has 96 valence electrons. The second kappa shape index (κ2) is 5.24. The van der Waals surface area contributed by atoms with Crippen LogP contribution in [0.2, 0.25) is 0 Å². The standard InChI is InChI=1S/C13H9BrFN3O/c1-18-5-4-10(14)12(18)13(19)17-9-2-3-11(15)8(6-9)7-16/h2-6H,1H3,(H,17,19). The Morgan fingerprint density at radius 1 is 1.47 bits per heavy atom. The topological polar surface area (TPSA) is 57.8 Å². The summed E-state index contributed by atoms with van der Waals surface area (Å²) in [5.41, 5.74) is 0.711. The monoisotopic (exact) mass is 321 g/mol.